The van der Waals surface area contributed by atoms with Crippen molar-refractivity contribution in [1.82, 2.24) is 15.0 Å². The van der Waals surface area contributed by atoms with E-state index in [0.29, 0.717) is 23.7 Å². The molecule has 0 radical (unpaired) electrons. The van der Waals surface area contributed by atoms with Crippen LogP contribution >= 0.6 is 11.8 Å². The van der Waals surface area contributed by atoms with Gasteiger partial charge in [-0.25, -0.2) is 4.68 Å². The predicted molar refractivity (Wildman–Crippen MR) is 101 cm³/mol. The summed E-state index contributed by atoms with van der Waals surface area (Å²) in [7, 11) is 1.63. The van der Waals surface area contributed by atoms with Crippen molar-refractivity contribution in [2.45, 2.75) is 45.1 Å². The molecular weight excluding hydrogens is 352 g/mol. The first kappa shape index (κ1) is 18.4. The molecule has 0 amide bonds. The Hall–Kier alpha value is -2.35. The van der Waals surface area contributed by atoms with Crippen molar-refractivity contribution in [3.63, 3.8) is 0 Å². The zero-order valence-corrected chi connectivity index (χ0v) is 16.2. The molecule has 0 saturated carbocycles. The summed E-state index contributed by atoms with van der Waals surface area (Å²) in [6.45, 7) is 6.01. The fourth-order valence-electron chi connectivity index (χ4n) is 2.68. The number of ketones is 1. The molecule has 1 aromatic heterocycles. The Labute approximate surface area is 156 Å². The largest absolute Gasteiger partial charge is 0.497 e. The summed E-state index contributed by atoms with van der Waals surface area (Å²) < 4.78 is 6.82. The molecule has 3 rings (SSSR count). The topological polar surface area (TPSA) is 78.6 Å². The lowest BCUT2D eigenvalue weighted by Crippen LogP contribution is -2.18. The highest BCUT2D eigenvalue weighted by molar-refractivity contribution is 8.13. The maximum atomic E-state index is 12.2. The summed E-state index contributed by atoms with van der Waals surface area (Å²) in [6, 6.07) is 7.67. The van der Waals surface area contributed by atoms with Crippen molar-refractivity contribution in [3.8, 4) is 5.75 Å². The van der Waals surface area contributed by atoms with Crippen molar-refractivity contribution in [2.24, 2.45) is 5.16 Å². The van der Waals surface area contributed by atoms with Gasteiger partial charge in [0.2, 0.25) is 0 Å². The fourth-order valence-corrected chi connectivity index (χ4v) is 3.72. The molecule has 2 heterocycles. The number of carbonyl (C=O) groups excluding carboxylic acids is 1. The van der Waals surface area contributed by atoms with Crippen LogP contribution in [0.5, 0.6) is 5.75 Å². The molecule has 8 heteroatoms. The molecule has 0 fully saturated rings. The number of carbonyl (C=O) groups is 1. The molecule has 1 aliphatic heterocycles. The number of hydrogen-bond donors (Lipinski definition) is 0. The summed E-state index contributed by atoms with van der Waals surface area (Å²) in [5.74, 6) is 1.28. The number of methoxy groups -OCH3 is 1. The summed E-state index contributed by atoms with van der Waals surface area (Å²) >= 11 is 1.54. The van der Waals surface area contributed by atoms with E-state index in [1.165, 1.54) is 18.7 Å². The van der Waals surface area contributed by atoms with Gasteiger partial charge in [-0.15, -0.1) is 16.9 Å². The Morgan fingerprint density at radius 2 is 2.08 bits per heavy atom. The van der Waals surface area contributed by atoms with Gasteiger partial charge in [-0.2, -0.15) is 0 Å². The molecule has 1 aliphatic rings. The fraction of sp³-hybridized carbons (Fsp3) is 0.444. The molecule has 0 unspecified atom stereocenters. The summed E-state index contributed by atoms with van der Waals surface area (Å²) in [4.78, 5) is 17.5. The van der Waals surface area contributed by atoms with Gasteiger partial charge in [0.1, 0.15) is 27.8 Å². The molecule has 26 heavy (non-hydrogen) atoms. The highest BCUT2D eigenvalue weighted by Gasteiger charge is 2.29. The molecule has 2 aromatic rings. The zero-order chi connectivity index (χ0) is 18.7. The Morgan fingerprint density at radius 3 is 2.65 bits per heavy atom. The first-order valence-corrected chi connectivity index (χ1v) is 9.30. The minimum Gasteiger partial charge on any atom is -0.497 e. The van der Waals surface area contributed by atoms with Crippen molar-refractivity contribution in [1.29, 1.82) is 0 Å². The van der Waals surface area contributed by atoms with Gasteiger partial charge in [-0.05, 0) is 31.5 Å². The Bertz CT molecular complexity index is 827. The van der Waals surface area contributed by atoms with Gasteiger partial charge >= 0.3 is 0 Å². The minimum absolute atomic E-state index is 0.0518. The average Bonchev–Trinajstić information content (AvgIpc) is 3.16. The molecule has 1 aromatic carbocycles. The Morgan fingerprint density at radius 1 is 1.35 bits per heavy atom. The lowest BCUT2D eigenvalue weighted by molar-refractivity contribution is 0.0123. The summed E-state index contributed by atoms with van der Waals surface area (Å²) in [6.07, 6.45) is 0.757. The van der Waals surface area contributed by atoms with E-state index in [1.54, 1.807) is 11.8 Å². The Kier molecular flexibility index (Phi) is 5.31. The SMILES string of the molecule is COc1ccc(Cn2nnc(CSC3=NOC(C)(C)C3)c2C(C)=O)cc1. The van der Waals surface area contributed by atoms with Gasteiger partial charge < -0.3 is 9.57 Å². The van der Waals surface area contributed by atoms with Gasteiger partial charge in [0.05, 0.1) is 13.7 Å². The van der Waals surface area contributed by atoms with Crippen LogP contribution in [0.25, 0.3) is 0 Å². The van der Waals surface area contributed by atoms with Crippen molar-refractivity contribution < 1.29 is 14.4 Å². The molecule has 7 nitrogen and oxygen atoms in total. The van der Waals surface area contributed by atoms with Crippen LogP contribution in [0, 0.1) is 0 Å². The van der Waals surface area contributed by atoms with E-state index in [2.05, 4.69) is 15.5 Å². The molecule has 0 aliphatic carbocycles. The summed E-state index contributed by atoms with van der Waals surface area (Å²) in [5, 5.41) is 13.4. The molecule has 0 N–H and O–H groups in total. The molecule has 0 saturated heterocycles. The number of ether oxygens (including phenoxy) is 1. The van der Waals surface area contributed by atoms with E-state index in [9.17, 15) is 4.79 Å². The van der Waals surface area contributed by atoms with Gasteiger partial charge in [0.15, 0.2) is 5.78 Å². The second kappa shape index (κ2) is 7.49. The third kappa shape index (κ3) is 4.24. The van der Waals surface area contributed by atoms with E-state index in [4.69, 9.17) is 9.57 Å². The predicted octanol–water partition coefficient (Wildman–Crippen LogP) is 3.28. The zero-order valence-electron chi connectivity index (χ0n) is 15.4. The van der Waals surface area contributed by atoms with Crippen LogP contribution in [0.1, 0.15) is 48.9 Å². The van der Waals surface area contributed by atoms with Crippen LogP contribution in [0.15, 0.2) is 29.4 Å². The van der Waals surface area contributed by atoms with E-state index >= 15 is 0 Å². The van der Waals surface area contributed by atoms with Gasteiger partial charge in [-0.1, -0.05) is 22.5 Å². The molecule has 0 bridgehead atoms. The molecule has 0 spiro atoms. The standard InChI is InChI=1S/C18H22N4O3S/c1-12(23)17-15(11-26-16-9-18(2,3)25-20-16)19-21-22(17)10-13-5-7-14(24-4)8-6-13/h5-8H,9-11H2,1-4H3. The number of oxime groups is 1. The van der Waals surface area contributed by atoms with Gasteiger partial charge in [-0.3, -0.25) is 4.79 Å². The van der Waals surface area contributed by atoms with E-state index < -0.39 is 0 Å². The maximum Gasteiger partial charge on any atom is 0.179 e. The maximum absolute atomic E-state index is 12.2. The molecule has 138 valence electrons. The average molecular weight is 374 g/mol. The van der Waals surface area contributed by atoms with Gasteiger partial charge in [0, 0.05) is 19.1 Å². The summed E-state index contributed by atoms with van der Waals surface area (Å²) in [5.41, 5.74) is 1.96. The highest BCUT2D eigenvalue weighted by Crippen LogP contribution is 2.29. The third-order valence-corrected chi connectivity index (χ3v) is 4.95. The van der Waals surface area contributed by atoms with Crippen molar-refractivity contribution in [2.75, 3.05) is 7.11 Å². The number of benzene rings is 1. The smallest absolute Gasteiger partial charge is 0.179 e. The number of thioether (sulfide) groups is 1. The van der Waals surface area contributed by atoms with Crippen LogP contribution in [-0.4, -0.2) is 38.5 Å². The normalized spacial score (nSPS) is 15.5. The minimum atomic E-state index is -0.266. The number of nitrogens with zero attached hydrogens (tertiary/aromatic N) is 4. The number of aromatic nitrogens is 3. The number of hydrogen-bond acceptors (Lipinski definition) is 7. The third-order valence-electron chi connectivity index (χ3n) is 3.98. The lowest BCUT2D eigenvalue weighted by atomic mass is 10.1. The monoisotopic (exact) mass is 374 g/mol. The first-order valence-electron chi connectivity index (χ1n) is 8.32. The van der Waals surface area contributed by atoms with Crippen molar-refractivity contribution >= 4 is 22.6 Å². The molecule has 0 atom stereocenters. The highest BCUT2D eigenvalue weighted by atomic mass is 32.2. The number of rotatable bonds is 6. The van der Waals surface area contributed by atoms with Crippen molar-refractivity contribution in [3.05, 3.63) is 41.2 Å². The second-order valence-corrected chi connectivity index (χ2v) is 7.80. The van der Waals surface area contributed by atoms with Crippen LogP contribution in [0.4, 0.5) is 0 Å². The van der Waals surface area contributed by atoms with Crippen LogP contribution < -0.4 is 4.74 Å². The van der Waals surface area contributed by atoms with Gasteiger partial charge in [0.25, 0.3) is 0 Å². The second-order valence-electron chi connectivity index (χ2n) is 6.75. The van der Waals surface area contributed by atoms with E-state index in [1.807, 2.05) is 38.1 Å². The lowest BCUT2D eigenvalue weighted by Gasteiger charge is -2.12. The first-order chi connectivity index (χ1) is 12.4. The Balaban J connectivity index is 1.72. The van der Waals surface area contributed by atoms with E-state index in [0.717, 1.165) is 22.8 Å². The molecular formula is C18H22N4O3S. The van der Waals surface area contributed by atoms with Crippen LogP contribution in [-0.2, 0) is 17.1 Å². The quantitative estimate of drug-likeness (QED) is 0.722. The number of Topliss-reactive ketones (excluding diaryl/α,β-unsaturated/α-hetero) is 1. The van der Waals surface area contributed by atoms with Crippen LogP contribution in [0.3, 0.4) is 0 Å². The van der Waals surface area contributed by atoms with Crippen LogP contribution in [0.2, 0.25) is 0 Å². The van der Waals surface area contributed by atoms with E-state index in [-0.39, 0.29) is 11.4 Å².